The average Bonchev–Trinajstić information content (AvgIpc) is 2.57. The molecule has 0 saturated carbocycles. The first-order valence-electron chi connectivity index (χ1n) is 7.81. The van der Waals surface area contributed by atoms with Gasteiger partial charge in [-0.15, -0.1) is 13.2 Å². The topological polar surface area (TPSA) is 84.5 Å². The lowest BCUT2D eigenvalue weighted by atomic mass is 10.1. The van der Waals surface area contributed by atoms with Crippen LogP contribution in [0, 0.1) is 0 Å². The monoisotopic (exact) mass is 402 g/mol. The van der Waals surface area contributed by atoms with Gasteiger partial charge in [0.1, 0.15) is 5.75 Å². The molecule has 0 heterocycles. The molecule has 27 heavy (non-hydrogen) atoms. The lowest BCUT2D eigenvalue weighted by molar-refractivity contribution is -0.274. The minimum Gasteiger partial charge on any atom is -0.406 e. The maximum absolute atomic E-state index is 12.1. The predicted octanol–water partition coefficient (Wildman–Crippen LogP) is 3.53. The van der Waals surface area contributed by atoms with E-state index in [-0.39, 0.29) is 23.8 Å². The maximum Gasteiger partial charge on any atom is 0.573 e. The van der Waals surface area contributed by atoms with Crippen molar-refractivity contribution in [2.45, 2.75) is 19.7 Å². The van der Waals surface area contributed by atoms with Crippen LogP contribution in [0.15, 0.2) is 48.5 Å². The van der Waals surface area contributed by atoms with E-state index in [1.807, 2.05) is 0 Å². The van der Waals surface area contributed by atoms with Gasteiger partial charge in [0.2, 0.25) is 15.9 Å². The molecular weight excluding hydrogens is 385 g/mol. The molecule has 1 amide bonds. The van der Waals surface area contributed by atoms with E-state index in [2.05, 4.69) is 14.8 Å². The first kappa shape index (κ1) is 20.6. The van der Waals surface area contributed by atoms with Crippen LogP contribution in [-0.2, 0) is 21.2 Å². The second-order valence-electron chi connectivity index (χ2n) is 5.50. The highest BCUT2D eigenvalue weighted by atomic mass is 32.2. The van der Waals surface area contributed by atoms with Crippen LogP contribution in [0.2, 0.25) is 0 Å². The van der Waals surface area contributed by atoms with Crippen LogP contribution in [0.3, 0.4) is 0 Å². The molecule has 0 fully saturated rings. The number of hydrogen-bond donors (Lipinski definition) is 2. The van der Waals surface area contributed by atoms with E-state index in [4.69, 9.17) is 0 Å². The third-order valence-corrected chi connectivity index (χ3v) is 4.65. The number of hydrogen-bond acceptors (Lipinski definition) is 4. The standard InChI is InChI=1S/C17H17F3N2O4S/c1-2-27(24,25)22-14-7-5-13(6-8-14)21-16(23)11-12-3-9-15(10-4-12)26-17(18,19)20/h3-10,22H,2,11H2,1H3,(H,21,23). The number of benzene rings is 2. The molecule has 0 unspecified atom stereocenters. The van der Waals surface area contributed by atoms with E-state index in [0.29, 0.717) is 16.9 Å². The highest BCUT2D eigenvalue weighted by Crippen LogP contribution is 2.23. The summed E-state index contributed by atoms with van der Waals surface area (Å²) in [5, 5.41) is 2.62. The molecule has 146 valence electrons. The fourth-order valence-electron chi connectivity index (χ4n) is 2.07. The van der Waals surface area contributed by atoms with Crippen molar-refractivity contribution in [2.24, 2.45) is 0 Å². The third kappa shape index (κ3) is 7.18. The number of rotatable bonds is 7. The fourth-order valence-corrected chi connectivity index (χ4v) is 2.71. The van der Waals surface area contributed by atoms with E-state index in [1.165, 1.54) is 43.3 Å². The number of sulfonamides is 1. The van der Waals surface area contributed by atoms with Crippen molar-refractivity contribution >= 4 is 27.3 Å². The highest BCUT2D eigenvalue weighted by Gasteiger charge is 2.30. The third-order valence-electron chi connectivity index (χ3n) is 3.34. The zero-order chi connectivity index (χ0) is 20.1. The summed E-state index contributed by atoms with van der Waals surface area (Å²) in [5.74, 6) is -0.795. The van der Waals surface area contributed by atoms with Gasteiger partial charge in [-0.25, -0.2) is 8.42 Å². The molecule has 2 rings (SSSR count). The zero-order valence-electron chi connectivity index (χ0n) is 14.2. The second-order valence-corrected chi connectivity index (χ2v) is 7.51. The van der Waals surface area contributed by atoms with E-state index in [0.717, 1.165) is 12.1 Å². The molecule has 0 bridgehead atoms. The van der Waals surface area contributed by atoms with Gasteiger partial charge in [0.25, 0.3) is 0 Å². The Balaban J connectivity index is 1.92. The van der Waals surface area contributed by atoms with Gasteiger partial charge in [0, 0.05) is 11.4 Å². The lowest BCUT2D eigenvalue weighted by Gasteiger charge is -2.10. The number of halogens is 3. The van der Waals surface area contributed by atoms with Crippen LogP contribution in [0.1, 0.15) is 12.5 Å². The number of amides is 1. The summed E-state index contributed by atoms with van der Waals surface area (Å²) >= 11 is 0. The second kappa shape index (κ2) is 8.30. The number of alkyl halides is 3. The Kier molecular flexibility index (Phi) is 6.32. The number of nitrogens with one attached hydrogen (secondary N) is 2. The van der Waals surface area contributed by atoms with Gasteiger partial charge in [-0.3, -0.25) is 9.52 Å². The van der Waals surface area contributed by atoms with Gasteiger partial charge in [-0.1, -0.05) is 12.1 Å². The molecule has 2 N–H and O–H groups in total. The normalized spacial score (nSPS) is 11.7. The Morgan fingerprint density at radius 3 is 2.07 bits per heavy atom. The molecule has 6 nitrogen and oxygen atoms in total. The molecular formula is C17H17F3N2O4S. The van der Waals surface area contributed by atoms with Crippen LogP contribution in [-0.4, -0.2) is 26.4 Å². The van der Waals surface area contributed by atoms with Gasteiger partial charge >= 0.3 is 6.36 Å². The van der Waals surface area contributed by atoms with Crippen molar-refractivity contribution in [1.29, 1.82) is 0 Å². The minimum absolute atomic E-state index is 0.0451. The van der Waals surface area contributed by atoms with Crippen LogP contribution < -0.4 is 14.8 Å². The summed E-state index contributed by atoms with van der Waals surface area (Å²) in [6.45, 7) is 1.51. The Labute approximate surface area is 154 Å². The van der Waals surface area contributed by atoms with Crippen molar-refractivity contribution in [1.82, 2.24) is 0 Å². The summed E-state index contributed by atoms with van der Waals surface area (Å²) in [5.41, 5.74) is 1.33. The van der Waals surface area contributed by atoms with Crippen LogP contribution in [0.25, 0.3) is 0 Å². The van der Waals surface area contributed by atoms with Crippen LogP contribution in [0.5, 0.6) is 5.75 Å². The predicted molar refractivity (Wildman–Crippen MR) is 95.0 cm³/mol. The smallest absolute Gasteiger partial charge is 0.406 e. The summed E-state index contributed by atoms with van der Waals surface area (Å²) < 4.78 is 65.4. The number of anilines is 2. The first-order valence-corrected chi connectivity index (χ1v) is 9.46. The Morgan fingerprint density at radius 1 is 1.00 bits per heavy atom. The molecule has 0 atom stereocenters. The SMILES string of the molecule is CCS(=O)(=O)Nc1ccc(NC(=O)Cc2ccc(OC(F)(F)F)cc2)cc1. The van der Waals surface area contributed by atoms with E-state index in [1.54, 1.807) is 0 Å². The minimum atomic E-state index is -4.77. The molecule has 0 aliphatic carbocycles. The maximum atomic E-state index is 12.1. The Bertz CT molecular complexity index is 880. The molecule has 0 aliphatic heterocycles. The molecule has 0 saturated heterocycles. The van der Waals surface area contributed by atoms with Gasteiger partial charge in [-0.05, 0) is 48.9 Å². The molecule has 0 aromatic heterocycles. The molecule has 2 aromatic rings. The van der Waals surface area contributed by atoms with Crippen molar-refractivity contribution in [3.05, 3.63) is 54.1 Å². The fraction of sp³-hybridized carbons (Fsp3) is 0.235. The number of carbonyl (C=O) groups is 1. The summed E-state index contributed by atoms with van der Waals surface area (Å²) in [6.07, 6.45) is -4.81. The Hall–Kier alpha value is -2.75. The largest absolute Gasteiger partial charge is 0.573 e. The van der Waals surface area contributed by atoms with Crippen molar-refractivity contribution in [3.8, 4) is 5.75 Å². The van der Waals surface area contributed by atoms with E-state index >= 15 is 0 Å². The van der Waals surface area contributed by atoms with Crippen LogP contribution in [0.4, 0.5) is 24.5 Å². The van der Waals surface area contributed by atoms with Crippen molar-refractivity contribution in [2.75, 3.05) is 15.8 Å². The highest BCUT2D eigenvalue weighted by molar-refractivity contribution is 7.92. The molecule has 10 heteroatoms. The molecule has 0 spiro atoms. The number of carbonyl (C=O) groups excluding carboxylic acids is 1. The lowest BCUT2D eigenvalue weighted by Crippen LogP contribution is -2.17. The summed E-state index contributed by atoms with van der Waals surface area (Å²) in [6, 6.07) is 11.1. The van der Waals surface area contributed by atoms with Crippen molar-refractivity contribution in [3.63, 3.8) is 0 Å². The molecule has 0 aliphatic rings. The summed E-state index contributed by atoms with van der Waals surface area (Å²) in [4.78, 5) is 12.0. The van der Waals surface area contributed by atoms with E-state index in [9.17, 15) is 26.4 Å². The average molecular weight is 402 g/mol. The Morgan fingerprint density at radius 2 is 1.56 bits per heavy atom. The van der Waals surface area contributed by atoms with Crippen molar-refractivity contribution < 1.29 is 31.1 Å². The molecule has 2 aromatic carbocycles. The van der Waals surface area contributed by atoms with Gasteiger partial charge < -0.3 is 10.1 Å². The van der Waals surface area contributed by atoms with Gasteiger partial charge in [-0.2, -0.15) is 0 Å². The quantitative estimate of drug-likeness (QED) is 0.742. The molecule has 0 radical (unpaired) electrons. The summed E-state index contributed by atoms with van der Waals surface area (Å²) in [7, 11) is -3.38. The first-order chi connectivity index (χ1) is 12.6. The van der Waals surface area contributed by atoms with E-state index < -0.39 is 16.4 Å². The van der Waals surface area contributed by atoms with Gasteiger partial charge in [0.15, 0.2) is 0 Å². The number of ether oxygens (including phenoxy) is 1. The zero-order valence-corrected chi connectivity index (χ0v) is 15.0. The van der Waals surface area contributed by atoms with Gasteiger partial charge in [0.05, 0.1) is 12.2 Å². The van der Waals surface area contributed by atoms with Crippen LogP contribution >= 0.6 is 0 Å².